The Morgan fingerprint density at radius 2 is 1.84 bits per heavy atom. The zero-order valence-electron chi connectivity index (χ0n) is 12.5. The lowest BCUT2D eigenvalue weighted by Gasteiger charge is -2.47. The zero-order valence-corrected chi connectivity index (χ0v) is 12.5. The van der Waals surface area contributed by atoms with E-state index in [0.717, 1.165) is 32.6 Å². The van der Waals surface area contributed by atoms with Gasteiger partial charge in [0.2, 0.25) is 0 Å². The minimum absolute atomic E-state index is 0.167. The van der Waals surface area contributed by atoms with Crippen molar-refractivity contribution in [3.8, 4) is 0 Å². The molecule has 0 radical (unpaired) electrons. The maximum atomic E-state index is 5.96. The van der Waals surface area contributed by atoms with Gasteiger partial charge in [-0.15, -0.1) is 0 Å². The van der Waals surface area contributed by atoms with Crippen LogP contribution in [0.2, 0.25) is 0 Å². The molecule has 0 aliphatic carbocycles. The fourth-order valence-electron chi connectivity index (χ4n) is 3.19. The molecule has 1 aliphatic heterocycles. The van der Waals surface area contributed by atoms with Crippen LogP contribution in [0.15, 0.2) is 24.3 Å². The van der Waals surface area contributed by atoms with Gasteiger partial charge in [-0.3, -0.25) is 0 Å². The van der Waals surface area contributed by atoms with Crippen LogP contribution < -0.4 is 5.73 Å². The molecule has 2 heteroatoms. The maximum Gasteiger partial charge on any atom is 0.0588 e. The van der Waals surface area contributed by atoms with E-state index in [1.807, 2.05) is 0 Å². The smallest absolute Gasteiger partial charge is 0.0588 e. The van der Waals surface area contributed by atoms with E-state index >= 15 is 0 Å². The molecular weight excluding hydrogens is 234 g/mol. The van der Waals surface area contributed by atoms with Crippen molar-refractivity contribution in [3.63, 3.8) is 0 Å². The third-order valence-corrected chi connectivity index (χ3v) is 4.45. The molecule has 1 unspecified atom stereocenters. The lowest BCUT2D eigenvalue weighted by atomic mass is 9.67. The molecule has 0 bridgehead atoms. The minimum Gasteiger partial charge on any atom is -0.379 e. The van der Waals surface area contributed by atoms with E-state index in [4.69, 9.17) is 10.5 Å². The van der Waals surface area contributed by atoms with Crippen LogP contribution in [0.1, 0.15) is 38.3 Å². The van der Waals surface area contributed by atoms with Gasteiger partial charge in [-0.05, 0) is 35.9 Å². The van der Waals surface area contributed by atoms with Gasteiger partial charge in [-0.1, -0.05) is 51.5 Å². The number of rotatable bonds is 6. The summed E-state index contributed by atoms with van der Waals surface area (Å²) in [5.41, 5.74) is 8.95. The summed E-state index contributed by atoms with van der Waals surface area (Å²) >= 11 is 0. The molecule has 1 fully saturated rings. The van der Waals surface area contributed by atoms with Crippen LogP contribution in [0.25, 0.3) is 0 Å². The predicted molar refractivity (Wildman–Crippen MR) is 80.3 cm³/mol. The Bertz CT molecular complexity index is 388. The third kappa shape index (κ3) is 2.85. The van der Waals surface area contributed by atoms with Crippen LogP contribution in [0, 0.1) is 11.8 Å². The average Bonchev–Trinajstić information content (AvgIpc) is 2.34. The number of ether oxygens (including phenoxy) is 1. The topological polar surface area (TPSA) is 35.2 Å². The number of nitrogens with two attached hydrogens (primary N) is 1. The Labute approximate surface area is 117 Å². The van der Waals surface area contributed by atoms with Crippen LogP contribution >= 0.6 is 0 Å². The van der Waals surface area contributed by atoms with Crippen molar-refractivity contribution in [2.45, 2.75) is 39.0 Å². The minimum atomic E-state index is 0.167. The van der Waals surface area contributed by atoms with Crippen molar-refractivity contribution in [1.82, 2.24) is 0 Å². The molecule has 2 nitrogen and oxygen atoms in total. The molecule has 1 aliphatic rings. The van der Waals surface area contributed by atoms with E-state index in [9.17, 15) is 0 Å². The lowest BCUT2D eigenvalue weighted by Crippen LogP contribution is -2.54. The SMILES string of the molecule is CCC(CN)C1(c2ccc(CC(C)C)cc2)COC1. The van der Waals surface area contributed by atoms with E-state index in [1.54, 1.807) is 0 Å². The van der Waals surface area contributed by atoms with Gasteiger partial charge in [0.05, 0.1) is 13.2 Å². The molecule has 1 saturated heterocycles. The summed E-state index contributed by atoms with van der Waals surface area (Å²) in [4.78, 5) is 0. The number of hydrogen-bond donors (Lipinski definition) is 1. The second-order valence-corrected chi connectivity index (χ2v) is 6.28. The molecule has 1 aromatic rings. The highest BCUT2D eigenvalue weighted by Crippen LogP contribution is 2.40. The van der Waals surface area contributed by atoms with Crippen LogP contribution in [0.5, 0.6) is 0 Å². The lowest BCUT2D eigenvalue weighted by molar-refractivity contribution is -0.0898. The monoisotopic (exact) mass is 261 g/mol. The first-order valence-corrected chi connectivity index (χ1v) is 7.49. The summed E-state index contributed by atoms with van der Waals surface area (Å²) in [6, 6.07) is 9.13. The highest BCUT2D eigenvalue weighted by molar-refractivity contribution is 5.32. The van der Waals surface area contributed by atoms with Gasteiger partial charge in [0.1, 0.15) is 0 Å². The van der Waals surface area contributed by atoms with Gasteiger partial charge in [0.15, 0.2) is 0 Å². The van der Waals surface area contributed by atoms with Gasteiger partial charge in [-0.25, -0.2) is 0 Å². The molecule has 0 saturated carbocycles. The Kier molecular flexibility index (Phi) is 4.64. The van der Waals surface area contributed by atoms with Crippen LogP contribution in [0.3, 0.4) is 0 Å². The summed E-state index contributed by atoms with van der Waals surface area (Å²) in [5.74, 6) is 1.23. The van der Waals surface area contributed by atoms with E-state index in [2.05, 4.69) is 45.0 Å². The van der Waals surface area contributed by atoms with E-state index in [1.165, 1.54) is 11.1 Å². The number of hydrogen-bond acceptors (Lipinski definition) is 2. The maximum absolute atomic E-state index is 5.96. The van der Waals surface area contributed by atoms with Crippen molar-refractivity contribution in [2.24, 2.45) is 17.6 Å². The molecule has 19 heavy (non-hydrogen) atoms. The molecule has 106 valence electrons. The van der Waals surface area contributed by atoms with Crippen LogP contribution in [-0.4, -0.2) is 19.8 Å². The average molecular weight is 261 g/mol. The first kappa shape index (κ1) is 14.5. The van der Waals surface area contributed by atoms with E-state index < -0.39 is 0 Å². The van der Waals surface area contributed by atoms with Gasteiger partial charge in [-0.2, -0.15) is 0 Å². The summed E-state index contributed by atoms with van der Waals surface area (Å²) in [6.45, 7) is 9.14. The molecule has 0 amide bonds. The largest absolute Gasteiger partial charge is 0.379 e. The first-order valence-electron chi connectivity index (χ1n) is 7.49. The fraction of sp³-hybridized carbons (Fsp3) is 0.647. The summed E-state index contributed by atoms with van der Waals surface area (Å²) in [6.07, 6.45) is 2.27. The number of benzene rings is 1. The van der Waals surface area contributed by atoms with Gasteiger partial charge in [0, 0.05) is 5.41 Å². The predicted octanol–water partition coefficient (Wildman–Crippen LogP) is 3.14. The van der Waals surface area contributed by atoms with Crippen molar-refractivity contribution in [2.75, 3.05) is 19.8 Å². The highest BCUT2D eigenvalue weighted by atomic mass is 16.5. The van der Waals surface area contributed by atoms with Crippen LogP contribution in [-0.2, 0) is 16.6 Å². The molecule has 1 aromatic carbocycles. The van der Waals surface area contributed by atoms with Crippen molar-refractivity contribution in [3.05, 3.63) is 35.4 Å². The Hall–Kier alpha value is -0.860. The van der Waals surface area contributed by atoms with Crippen molar-refractivity contribution < 1.29 is 4.74 Å². The standard InChI is InChI=1S/C17H27NO/c1-4-15(10-18)17(11-19-12-17)16-7-5-14(6-8-16)9-13(2)3/h5-8,13,15H,4,9-12,18H2,1-3H3. The Morgan fingerprint density at radius 1 is 1.21 bits per heavy atom. The molecule has 2 N–H and O–H groups in total. The van der Waals surface area contributed by atoms with Crippen LogP contribution in [0.4, 0.5) is 0 Å². The fourth-order valence-corrected chi connectivity index (χ4v) is 3.19. The second kappa shape index (κ2) is 6.06. The van der Waals surface area contributed by atoms with E-state index in [-0.39, 0.29) is 5.41 Å². The van der Waals surface area contributed by atoms with E-state index in [0.29, 0.717) is 11.8 Å². The summed E-state index contributed by atoms with van der Waals surface area (Å²) in [5, 5.41) is 0. The van der Waals surface area contributed by atoms with Gasteiger partial charge >= 0.3 is 0 Å². The zero-order chi connectivity index (χ0) is 13.9. The first-order chi connectivity index (χ1) is 9.12. The second-order valence-electron chi connectivity index (χ2n) is 6.28. The normalized spacial score (nSPS) is 19.2. The summed E-state index contributed by atoms with van der Waals surface area (Å²) in [7, 11) is 0. The van der Waals surface area contributed by atoms with Gasteiger partial charge in [0.25, 0.3) is 0 Å². The molecule has 1 atom stereocenters. The van der Waals surface area contributed by atoms with Crippen molar-refractivity contribution >= 4 is 0 Å². The van der Waals surface area contributed by atoms with Crippen molar-refractivity contribution in [1.29, 1.82) is 0 Å². The quantitative estimate of drug-likeness (QED) is 0.854. The summed E-state index contributed by atoms with van der Waals surface area (Å²) < 4.78 is 5.52. The Morgan fingerprint density at radius 3 is 2.21 bits per heavy atom. The molecular formula is C17H27NO. The molecule has 0 aromatic heterocycles. The Balaban J connectivity index is 2.19. The highest BCUT2D eigenvalue weighted by Gasteiger charge is 2.45. The molecule has 1 heterocycles. The molecule has 2 rings (SSSR count). The van der Waals surface area contributed by atoms with Gasteiger partial charge < -0.3 is 10.5 Å². The third-order valence-electron chi connectivity index (χ3n) is 4.45. The molecule has 0 spiro atoms.